The third kappa shape index (κ3) is 5.61. The molecule has 0 aromatic heterocycles. The fourth-order valence-electron chi connectivity index (χ4n) is 7.66. The summed E-state index contributed by atoms with van der Waals surface area (Å²) in [6.07, 6.45) is 12.0. The highest BCUT2D eigenvalue weighted by Crippen LogP contribution is 2.52. The van der Waals surface area contributed by atoms with Crippen LogP contribution in [-0.2, 0) is 14.3 Å². The number of carbonyl (C=O) groups is 2. The first kappa shape index (κ1) is 29.6. The number of aromatic hydroxyl groups is 1. The number of allylic oxidation sites excluding steroid dienone is 2. The summed E-state index contributed by atoms with van der Waals surface area (Å²) in [5.74, 6) is 0.679. The number of hydrogen-bond donors (Lipinski definition) is 1. The van der Waals surface area contributed by atoms with E-state index in [0.717, 1.165) is 60.5 Å². The summed E-state index contributed by atoms with van der Waals surface area (Å²) in [5, 5.41) is 10.3. The van der Waals surface area contributed by atoms with Crippen molar-refractivity contribution in [2.45, 2.75) is 97.1 Å². The van der Waals surface area contributed by atoms with E-state index in [-0.39, 0.29) is 47.5 Å². The molecule has 4 aliphatic rings. The Morgan fingerprint density at radius 3 is 2.58 bits per heavy atom. The van der Waals surface area contributed by atoms with E-state index in [1.807, 2.05) is 12.1 Å². The Hall–Kier alpha value is -1.87. The third-order valence-corrected chi connectivity index (χ3v) is 10.4. The van der Waals surface area contributed by atoms with Gasteiger partial charge >= 0.3 is 0 Å². The van der Waals surface area contributed by atoms with Crippen LogP contribution in [0.4, 0.5) is 0 Å². The fraction of sp³-hybridized carbons (Fsp3) is 0.636. The van der Waals surface area contributed by atoms with Crippen LogP contribution in [0.3, 0.4) is 0 Å². The molecule has 218 valence electrons. The molecule has 1 N–H and O–H groups in total. The SMILES string of the molecule is CCC/C(=C\c1cc(I)c(O)c(OC)c1)CC[C@H]1OC[C@H]2C1=C(C(C)C)C[C@H]1C(=O)N(C3CCCCC3)C(=O)[C@H]12. The molecule has 7 heteroatoms. The highest BCUT2D eigenvalue weighted by Gasteiger charge is 2.58. The van der Waals surface area contributed by atoms with Crippen LogP contribution < -0.4 is 4.74 Å². The zero-order valence-corrected chi connectivity index (χ0v) is 26.5. The number of benzene rings is 1. The summed E-state index contributed by atoms with van der Waals surface area (Å²) in [4.78, 5) is 29.2. The zero-order chi connectivity index (χ0) is 28.6. The molecule has 6 nitrogen and oxygen atoms in total. The third-order valence-electron chi connectivity index (χ3n) is 9.56. The van der Waals surface area contributed by atoms with Crippen molar-refractivity contribution in [1.82, 2.24) is 4.90 Å². The van der Waals surface area contributed by atoms with Gasteiger partial charge in [-0.3, -0.25) is 14.5 Å². The van der Waals surface area contributed by atoms with Crippen molar-refractivity contribution in [3.63, 3.8) is 0 Å². The standard InChI is InChI=1S/C33H44INO5/c1-5-9-20(14-21-15-26(34)31(36)28(16-21)39-4)12-13-27-29-23(19(2)3)17-24-30(25(29)18-40-27)33(38)35(32(24)37)22-10-7-6-8-11-22/h14-16,19,22,24-25,27,30,36H,5-13,17-18H2,1-4H3/b20-14+/t24-,25+,27-,30-/m1/s1. The number of fused-ring (bicyclic) bond motifs is 3. The maximum absolute atomic E-state index is 13.8. The lowest BCUT2D eigenvalue weighted by Gasteiger charge is -2.33. The Labute approximate surface area is 252 Å². The average Bonchev–Trinajstić information content (AvgIpc) is 3.47. The Morgan fingerprint density at radius 1 is 1.15 bits per heavy atom. The highest BCUT2D eigenvalue weighted by atomic mass is 127. The molecule has 5 rings (SSSR count). The molecule has 3 fully saturated rings. The average molecular weight is 662 g/mol. The molecule has 2 heterocycles. The van der Waals surface area contributed by atoms with E-state index < -0.39 is 0 Å². The van der Waals surface area contributed by atoms with Crippen molar-refractivity contribution in [3.8, 4) is 11.5 Å². The number of imide groups is 1. The van der Waals surface area contributed by atoms with E-state index in [2.05, 4.69) is 49.4 Å². The number of nitrogens with zero attached hydrogens (tertiary/aromatic N) is 1. The number of amides is 2. The molecule has 4 atom stereocenters. The Balaban J connectivity index is 1.37. The Bertz CT molecular complexity index is 1200. The van der Waals surface area contributed by atoms with Gasteiger partial charge in [-0.05, 0) is 90.3 Å². The van der Waals surface area contributed by atoms with Gasteiger partial charge in [0.05, 0.1) is 35.2 Å². The second-order valence-electron chi connectivity index (χ2n) is 12.4. The van der Waals surface area contributed by atoms with Crippen molar-refractivity contribution in [2.24, 2.45) is 23.7 Å². The smallest absolute Gasteiger partial charge is 0.234 e. The van der Waals surface area contributed by atoms with Gasteiger partial charge in [-0.2, -0.15) is 0 Å². The first-order valence-electron chi connectivity index (χ1n) is 15.2. The van der Waals surface area contributed by atoms with Gasteiger partial charge in [0, 0.05) is 12.0 Å². The summed E-state index contributed by atoms with van der Waals surface area (Å²) >= 11 is 2.14. The van der Waals surface area contributed by atoms with Gasteiger partial charge in [-0.15, -0.1) is 0 Å². The van der Waals surface area contributed by atoms with Crippen LogP contribution in [0.5, 0.6) is 11.5 Å². The quantitative estimate of drug-likeness (QED) is 0.171. The minimum atomic E-state index is -0.255. The van der Waals surface area contributed by atoms with Crippen LogP contribution in [0, 0.1) is 27.2 Å². The van der Waals surface area contributed by atoms with Crippen LogP contribution >= 0.6 is 22.6 Å². The normalized spacial score (nSPS) is 27.6. The molecule has 0 unspecified atom stereocenters. The van der Waals surface area contributed by atoms with Crippen molar-refractivity contribution in [3.05, 3.63) is 38.0 Å². The molecule has 2 amide bonds. The Kier molecular flexibility index (Phi) is 9.30. The number of phenols is 1. The summed E-state index contributed by atoms with van der Waals surface area (Å²) in [6.45, 7) is 7.17. The summed E-state index contributed by atoms with van der Waals surface area (Å²) < 4.78 is 12.6. The van der Waals surface area contributed by atoms with E-state index >= 15 is 0 Å². The van der Waals surface area contributed by atoms with Crippen LogP contribution in [0.15, 0.2) is 28.9 Å². The number of likely N-dealkylation sites (tertiary alicyclic amines) is 1. The number of carbonyl (C=O) groups excluding carboxylic acids is 2. The number of rotatable bonds is 9. The second-order valence-corrected chi connectivity index (χ2v) is 13.5. The lowest BCUT2D eigenvalue weighted by molar-refractivity contribution is -0.143. The van der Waals surface area contributed by atoms with Crippen LogP contribution in [0.25, 0.3) is 6.08 Å². The highest BCUT2D eigenvalue weighted by molar-refractivity contribution is 14.1. The zero-order valence-electron chi connectivity index (χ0n) is 24.4. The first-order chi connectivity index (χ1) is 19.2. The number of halogens is 1. The molecule has 40 heavy (non-hydrogen) atoms. The van der Waals surface area contributed by atoms with E-state index in [1.54, 1.807) is 12.0 Å². The number of methoxy groups -OCH3 is 1. The van der Waals surface area contributed by atoms with E-state index in [4.69, 9.17) is 9.47 Å². The predicted molar refractivity (Wildman–Crippen MR) is 165 cm³/mol. The van der Waals surface area contributed by atoms with Gasteiger partial charge < -0.3 is 14.6 Å². The number of phenolic OH excluding ortho intramolecular Hbond substituents is 1. The summed E-state index contributed by atoms with van der Waals surface area (Å²) in [5.41, 5.74) is 5.03. The molecule has 0 bridgehead atoms. The van der Waals surface area contributed by atoms with Gasteiger partial charge in [0.1, 0.15) is 0 Å². The minimum absolute atomic E-state index is 0.00951. The van der Waals surface area contributed by atoms with Crippen LogP contribution in [0.1, 0.15) is 90.5 Å². The largest absolute Gasteiger partial charge is 0.504 e. The van der Waals surface area contributed by atoms with Gasteiger partial charge in [0.25, 0.3) is 0 Å². The van der Waals surface area contributed by atoms with E-state index in [9.17, 15) is 14.7 Å². The second kappa shape index (κ2) is 12.6. The maximum atomic E-state index is 13.8. The number of ether oxygens (including phenoxy) is 2. The van der Waals surface area contributed by atoms with Gasteiger partial charge in [-0.25, -0.2) is 0 Å². The molecule has 1 aromatic carbocycles. The summed E-state index contributed by atoms with van der Waals surface area (Å²) in [6, 6.07) is 3.96. The maximum Gasteiger partial charge on any atom is 0.234 e. The molecular weight excluding hydrogens is 617 g/mol. The van der Waals surface area contributed by atoms with E-state index in [0.29, 0.717) is 24.7 Å². The topological polar surface area (TPSA) is 76.1 Å². The molecular formula is C33H44INO5. The first-order valence-corrected chi connectivity index (χ1v) is 16.3. The monoisotopic (exact) mass is 661 g/mol. The predicted octanol–water partition coefficient (Wildman–Crippen LogP) is 7.27. The molecule has 2 aliphatic heterocycles. The van der Waals surface area contributed by atoms with Gasteiger partial charge in [0.15, 0.2) is 11.5 Å². The molecule has 1 aromatic rings. The lowest BCUT2D eigenvalue weighted by atomic mass is 9.67. The van der Waals surface area contributed by atoms with Crippen LogP contribution in [-0.4, -0.2) is 47.7 Å². The van der Waals surface area contributed by atoms with Crippen molar-refractivity contribution in [2.75, 3.05) is 13.7 Å². The summed E-state index contributed by atoms with van der Waals surface area (Å²) in [7, 11) is 1.57. The lowest BCUT2D eigenvalue weighted by Crippen LogP contribution is -2.42. The molecule has 0 radical (unpaired) electrons. The van der Waals surface area contributed by atoms with Crippen molar-refractivity contribution in [1.29, 1.82) is 0 Å². The minimum Gasteiger partial charge on any atom is -0.504 e. The fourth-order valence-corrected chi connectivity index (χ4v) is 8.28. The number of hydrogen-bond acceptors (Lipinski definition) is 5. The molecule has 0 spiro atoms. The molecule has 2 saturated heterocycles. The van der Waals surface area contributed by atoms with E-state index in [1.165, 1.54) is 23.1 Å². The van der Waals surface area contributed by atoms with Crippen LogP contribution in [0.2, 0.25) is 0 Å². The van der Waals surface area contributed by atoms with Crippen molar-refractivity contribution >= 4 is 40.5 Å². The molecule has 2 aliphatic carbocycles. The van der Waals surface area contributed by atoms with Crippen molar-refractivity contribution < 1.29 is 24.2 Å². The Morgan fingerprint density at radius 2 is 1.90 bits per heavy atom. The van der Waals surface area contributed by atoms with Gasteiger partial charge in [-0.1, -0.05) is 63.7 Å². The molecule has 1 saturated carbocycles. The van der Waals surface area contributed by atoms with Gasteiger partial charge in [0.2, 0.25) is 11.8 Å².